The average Bonchev–Trinajstić information content (AvgIpc) is 2.72. The third-order valence-electron chi connectivity index (χ3n) is 4.78. The largest absolute Gasteiger partial charge is 0.378 e. The van der Waals surface area contributed by atoms with E-state index in [0.717, 1.165) is 68.2 Å². The Morgan fingerprint density at radius 1 is 0.885 bits per heavy atom. The molecule has 1 aromatic carbocycles. The Bertz CT molecular complexity index is 847. The molecule has 1 aliphatic heterocycles. The van der Waals surface area contributed by atoms with Gasteiger partial charge in [-0.1, -0.05) is 30.3 Å². The number of ether oxygens (including phenoxy) is 1. The Labute approximate surface area is 154 Å². The van der Waals surface area contributed by atoms with Crippen LogP contribution >= 0.6 is 0 Å². The van der Waals surface area contributed by atoms with Crippen molar-refractivity contribution in [2.75, 3.05) is 31.2 Å². The molecule has 0 N–H and O–H groups in total. The number of hydrogen-bond donors (Lipinski definition) is 0. The standard InChI is InChI=1S/C21H24N4O/c1-2-6-17(7-3-1)8-4-5-9-18-10-11-19-21(23-18)24-20(16-22-19)25-12-14-26-15-13-25/h1-3,6-7,10-11,16H,4-5,8-9,12-15H2. The van der Waals surface area contributed by atoms with E-state index in [9.17, 15) is 0 Å². The molecule has 0 unspecified atom stereocenters. The van der Waals surface area contributed by atoms with Gasteiger partial charge < -0.3 is 9.64 Å². The number of pyridine rings is 1. The fraction of sp³-hybridized carbons (Fsp3) is 0.381. The van der Waals surface area contributed by atoms with Gasteiger partial charge in [0.15, 0.2) is 5.65 Å². The predicted molar refractivity (Wildman–Crippen MR) is 103 cm³/mol. The molecule has 0 saturated carbocycles. The smallest absolute Gasteiger partial charge is 0.180 e. The van der Waals surface area contributed by atoms with Crippen LogP contribution in [0.5, 0.6) is 0 Å². The number of hydrogen-bond acceptors (Lipinski definition) is 5. The van der Waals surface area contributed by atoms with Crippen molar-refractivity contribution in [3.63, 3.8) is 0 Å². The molecule has 0 spiro atoms. The molecule has 0 amide bonds. The lowest BCUT2D eigenvalue weighted by Crippen LogP contribution is -2.36. The lowest BCUT2D eigenvalue weighted by molar-refractivity contribution is 0.122. The normalized spacial score (nSPS) is 14.7. The third-order valence-corrected chi connectivity index (χ3v) is 4.78. The molecule has 1 aliphatic rings. The predicted octanol–water partition coefficient (Wildman–Crippen LogP) is 3.43. The highest BCUT2D eigenvalue weighted by molar-refractivity contribution is 5.71. The Kier molecular flexibility index (Phi) is 5.36. The van der Waals surface area contributed by atoms with Gasteiger partial charge in [-0.2, -0.15) is 0 Å². The Morgan fingerprint density at radius 3 is 2.54 bits per heavy atom. The average molecular weight is 348 g/mol. The molecule has 1 fully saturated rings. The van der Waals surface area contributed by atoms with Gasteiger partial charge in [-0.15, -0.1) is 0 Å². The molecule has 0 radical (unpaired) electrons. The van der Waals surface area contributed by atoms with E-state index in [2.05, 4.69) is 46.3 Å². The van der Waals surface area contributed by atoms with Gasteiger partial charge in [-0.3, -0.25) is 0 Å². The van der Waals surface area contributed by atoms with Gasteiger partial charge in [0.05, 0.1) is 19.4 Å². The Morgan fingerprint density at radius 2 is 1.69 bits per heavy atom. The lowest BCUT2D eigenvalue weighted by atomic mass is 10.1. The topological polar surface area (TPSA) is 51.1 Å². The molecule has 0 aliphatic carbocycles. The summed E-state index contributed by atoms with van der Waals surface area (Å²) < 4.78 is 5.41. The van der Waals surface area contributed by atoms with Crippen molar-refractivity contribution in [2.45, 2.75) is 25.7 Å². The van der Waals surface area contributed by atoms with Gasteiger partial charge in [0.25, 0.3) is 0 Å². The van der Waals surface area contributed by atoms with Crippen LogP contribution in [0.25, 0.3) is 11.2 Å². The van der Waals surface area contributed by atoms with Crippen molar-refractivity contribution < 1.29 is 4.74 Å². The van der Waals surface area contributed by atoms with Gasteiger partial charge >= 0.3 is 0 Å². The second kappa shape index (κ2) is 8.23. The summed E-state index contributed by atoms with van der Waals surface area (Å²) in [6.45, 7) is 3.21. The van der Waals surface area contributed by atoms with E-state index in [-0.39, 0.29) is 0 Å². The van der Waals surface area contributed by atoms with Gasteiger partial charge in [0, 0.05) is 18.8 Å². The van der Waals surface area contributed by atoms with E-state index in [1.165, 1.54) is 12.0 Å². The molecule has 0 bridgehead atoms. The zero-order chi connectivity index (χ0) is 17.6. The number of benzene rings is 1. The maximum atomic E-state index is 5.41. The molecular formula is C21H24N4O. The number of nitrogens with zero attached hydrogens (tertiary/aromatic N) is 4. The van der Waals surface area contributed by atoms with E-state index in [0.29, 0.717) is 0 Å². The Balaban J connectivity index is 1.39. The summed E-state index contributed by atoms with van der Waals surface area (Å²) in [6, 6.07) is 14.8. The van der Waals surface area contributed by atoms with Crippen LogP contribution in [0.3, 0.4) is 0 Å². The van der Waals surface area contributed by atoms with Crippen LogP contribution in [-0.2, 0) is 17.6 Å². The van der Waals surface area contributed by atoms with Crippen molar-refractivity contribution in [1.29, 1.82) is 0 Å². The third kappa shape index (κ3) is 4.17. The molecule has 134 valence electrons. The monoisotopic (exact) mass is 348 g/mol. The first-order valence-electron chi connectivity index (χ1n) is 9.38. The van der Waals surface area contributed by atoms with Crippen LogP contribution in [0.15, 0.2) is 48.7 Å². The molecule has 2 aromatic heterocycles. The van der Waals surface area contributed by atoms with E-state index >= 15 is 0 Å². The molecular weight excluding hydrogens is 324 g/mol. The van der Waals surface area contributed by atoms with Crippen LogP contribution < -0.4 is 4.90 Å². The SMILES string of the molecule is c1ccc(CCCCc2ccc3ncc(N4CCOCC4)nc3n2)cc1. The molecule has 0 atom stereocenters. The van der Waals surface area contributed by atoms with Crippen LogP contribution in [-0.4, -0.2) is 41.3 Å². The highest BCUT2D eigenvalue weighted by atomic mass is 16.5. The first kappa shape index (κ1) is 16.9. The van der Waals surface area contributed by atoms with Crippen molar-refractivity contribution in [3.8, 4) is 0 Å². The number of anilines is 1. The minimum absolute atomic E-state index is 0.745. The second-order valence-electron chi connectivity index (χ2n) is 6.67. The highest BCUT2D eigenvalue weighted by Gasteiger charge is 2.13. The lowest BCUT2D eigenvalue weighted by Gasteiger charge is -2.27. The quantitative estimate of drug-likeness (QED) is 0.639. The number of fused-ring (bicyclic) bond motifs is 1. The van der Waals surface area contributed by atoms with E-state index in [1.807, 2.05) is 12.3 Å². The fourth-order valence-electron chi connectivity index (χ4n) is 3.29. The fourth-order valence-corrected chi connectivity index (χ4v) is 3.29. The van der Waals surface area contributed by atoms with Gasteiger partial charge in [-0.25, -0.2) is 15.0 Å². The van der Waals surface area contributed by atoms with Crippen LogP contribution in [0, 0.1) is 0 Å². The zero-order valence-electron chi connectivity index (χ0n) is 15.0. The van der Waals surface area contributed by atoms with Gasteiger partial charge in [-0.05, 0) is 43.4 Å². The number of morpholine rings is 1. The van der Waals surface area contributed by atoms with E-state index in [1.54, 1.807) is 0 Å². The van der Waals surface area contributed by atoms with Crippen LogP contribution in [0.2, 0.25) is 0 Å². The zero-order valence-corrected chi connectivity index (χ0v) is 15.0. The summed E-state index contributed by atoms with van der Waals surface area (Å²) in [5.74, 6) is 0.898. The minimum Gasteiger partial charge on any atom is -0.378 e. The number of aryl methyl sites for hydroxylation is 2. The molecule has 3 aromatic rings. The first-order chi connectivity index (χ1) is 12.9. The van der Waals surface area contributed by atoms with E-state index < -0.39 is 0 Å². The number of unbranched alkanes of at least 4 members (excludes halogenated alkanes) is 1. The molecule has 26 heavy (non-hydrogen) atoms. The van der Waals surface area contributed by atoms with Crippen LogP contribution in [0.4, 0.5) is 5.82 Å². The maximum absolute atomic E-state index is 5.41. The summed E-state index contributed by atoms with van der Waals surface area (Å²) in [5, 5.41) is 0. The molecule has 3 heterocycles. The minimum atomic E-state index is 0.745. The van der Waals surface area contributed by atoms with E-state index in [4.69, 9.17) is 14.7 Å². The highest BCUT2D eigenvalue weighted by Crippen LogP contribution is 2.17. The van der Waals surface area contributed by atoms with Gasteiger partial charge in [0.1, 0.15) is 11.3 Å². The van der Waals surface area contributed by atoms with Crippen molar-refractivity contribution in [3.05, 3.63) is 59.9 Å². The summed E-state index contributed by atoms with van der Waals surface area (Å²) in [5.41, 5.74) is 4.10. The van der Waals surface area contributed by atoms with Gasteiger partial charge in [0.2, 0.25) is 0 Å². The Hall–Kier alpha value is -2.53. The van der Waals surface area contributed by atoms with Crippen molar-refractivity contribution in [1.82, 2.24) is 15.0 Å². The van der Waals surface area contributed by atoms with Crippen LogP contribution in [0.1, 0.15) is 24.1 Å². The van der Waals surface area contributed by atoms with Crippen molar-refractivity contribution >= 4 is 17.0 Å². The summed E-state index contributed by atoms with van der Waals surface area (Å²) in [4.78, 5) is 16.2. The molecule has 1 saturated heterocycles. The summed E-state index contributed by atoms with van der Waals surface area (Å²) >= 11 is 0. The summed E-state index contributed by atoms with van der Waals surface area (Å²) in [6.07, 6.45) is 6.24. The molecule has 5 nitrogen and oxygen atoms in total. The number of rotatable bonds is 6. The first-order valence-corrected chi connectivity index (χ1v) is 9.38. The summed E-state index contributed by atoms with van der Waals surface area (Å²) in [7, 11) is 0. The maximum Gasteiger partial charge on any atom is 0.180 e. The molecule has 4 rings (SSSR count). The second-order valence-corrected chi connectivity index (χ2v) is 6.67. The number of aromatic nitrogens is 3. The van der Waals surface area contributed by atoms with Crippen molar-refractivity contribution in [2.24, 2.45) is 0 Å². The molecule has 5 heteroatoms.